The van der Waals surface area contributed by atoms with Crippen molar-refractivity contribution in [3.05, 3.63) is 35.9 Å². The monoisotopic (exact) mass is 411 g/mol. The lowest BCUT2D eigenvalue weighted by molar-refractivity contribution is -0.125. The van der Waals surface area contributed by atoms with Gasteiger partial charge in [0.05, 0.1) is 0 Å². The average Bonchev–Trinajstić information content (AvgIpc) is 3.31. The highest BCUT2D eigenvalue weighted by molar-refractivity contribution is 5.84. The number of benzene rings is 1. The van der Waals surface area contributed by atoms with E-state index in [1.807, 2.05) is 0 Å². The van der Waals surface area contributed by atoms with Crippen LogP contribution in [0.25, 0.3) is 0 Å². The van der Waals surface area contributed by atoms with Crippen molar-refractivity contribution in [2.75, 3.05) is 20.1 Å². The summed E-state index contributed by atoms with van der Waals surface area (Å²) in [6, 6.07) is 11.3. The van der Waals surface area contributed by atoms with Crippen molar-refractivity contribution in [2.24, 2.45) is 23.7 Å². The molecule has 4 fully saturated rings. The minimum absolute atomic E-state index is 0.112. The zero-order chi connectivity index (χ0) is 21.1. The molecular weight excluding hydrogens is 378 g/mol. The molecule has 2 heterocycles. The molecule has 1 aromatic rings. The summed E-state index contributed by atoms with van der Waals surface area (Å²) in [5, 5.41) is 5.79. The SMILES string of the molecule is CN(Cc1ccccc1)C1C[C@H]2CC(=O)NC[C@H]2C1.O=C1C[C@@H]2CNC(=O)C[C@@H]2C1. The molecule has 0 bridgehead atoms. The van der Waals surface area contributed by atoms with Crippen LogP contribution < -0.4 is 10.6 Å². The number of carbonyl (C=O) groups is 3. The summed E-state index contributed by atoms with van der Waals surface area (Å²) in [6.07, 6.45) is 5.04. The molecule has 1 aromatic carbocycles. The quantitative estimate of drug-likeness (QED) is 0.799. The van der Waals surface area contributed by atoms with Crippen LogP contribution in [0.3, 0.4) is 0 Å². The molecule has 4 aliphatic rings. The van der Waals surface area contributed by atoms with Crippen molar-refractivity contribution in [3.8, 4) is 0 Å². The van der Waals surface area contributed by atoms with Crippen LogP contribution in [0.2, 0.25) is 0 Å². The maximum absolute atomic E-state index is 11.4. The van der Waals surface area contributed by atoms with E-state index in [2.05, 4.69) is 52.9 Å². The summed E-state index contributed by atoms with van der Waals surface area (Å²) in [5.41, 5.74) is 1.37. The first kappa shape index (κ1) is 21.0. The number of amides is 2. The van der Waals surface area contributed by atoms with E-state index in [4.69, 9.17) is 0 Å². The molecule has 5 atom stereocenters. The molecule has 30 heavy (non-hydrogen) atoms. The van der Waals surface area contributed by atoms with E-state index in [0.29, 0.717) is 54.8 Å². The van der Waals surface area contributed by atoms with E-state index in [-0.39, 0.29) is 11.8 Å². The molecule has 0 spiro atoms. The van der Waals surface area contributed by atoms with Crippen molar-refractivity contribution in [1.82, 2.24) is 15.5 Å². The van der Waals surface area contributed by atoms with Crippen molar-refractivity contribution < 1.29 is 14.4 Å². The van der Waals surface area contributed by atoms with Crippen LogP contribution in [0.15, 0.2) is 30.3 Å². The number of hydrogen-bond acceptors (Lipinski definition) is 4. The van der Waals surface area contributed by atoms with Crippen LogP contribution in [-0.2, 0) is 20.9 Å². The zero-order valence-corrected chi connectivity index (χ0v) is 17.8. The van der Waals surface area contributed by atoms with Gasteiger partial charge in [-0.15, -0.1) is 0 Å². The van der Waals surface area contributed by atoms with E-state index in [1.54, 1.807) is 0 Å². The van der Waals surface area contributed by atoms with Gasteiger partial charge in [0, 0.05) is 51.4 Å². The molecule has 2 aliphatic carbocycles. The Morgan fingerprint density at radius 3 is 2.13 bits per heavy atom. The van der Waals surface area contributed by atoms with Gasteiger partial charge in [0.1, 0.15) is 5.78 Å². The minimum atomic E-state index is 0.112. The largest absolute Gasteiger partial charge is 0.356 e. The Kier molecular flexibility index (Phi) is 6.52. The van der Waals surface area contributed by atoms with Gasteiger partial charge in [0.15, 0.2) is 0 Å². The van der Waals surface area contributed by atoms with Gasteiger partial charge in [0.2, 0.25) is 11.8 Å². The summed E-state index contributed by atoms with van der Waals surface area (Å²) >= 11 is 0. The molecule has 2 amide bonds. The maximum atomic E-state index is 11.4. The lowest BCUT2D eigenvalue weighted by Gasteiger charge is -2.24. The lowest BCUT2D eigenvalue weighted by atomic mass is 9.89. The minimum Gasteiger partial charge on any atom is -0.356 e. The molecule has 2 N–H and O–H groups in total. The van der Waals surface area contributed by atoms with Gasteiger partial charge in [-0.05, 0) is 49.1 Å². The number of fused-ring (bicyclic) bond motifs is 2. The van der Waals surface area contributed by atoms with Gasteiger partial charge in [-0.3, -0.25) is 19.3 Å². The first-order valence-electron chi connectivity index (χ1n) is 11.3. The van der Waals surface area contributed by atoms with Gasteiger partial charge in [0.25, 0.3) is 0 Å². The van der Waals surface area contributed by atoms with Crippen LogP contribution in [0.5, 0.6) is 0 Å². The molecule has 6 nitrogen and oxygen atoms in total. The van der Waals surface area contributed by atoms with Gasteiger partial charge in [-0.2, -0.15) is 0 Å². The second kappa shape index (κ2) is 9.29. The smallest absolute Gasteiger partial charge is 0.220 e. The van der Waals surface area contributed by atoms with Crippen LogP contribution in [0, 0.1) is 23.7 Å². The molecule has 0 aromatic heterocycles. The van der Waals surface area contributed by atoms with Crippen molar-refractivity contribution in [3.63, 3.8) is 0 Å². The Hall–Kier alpha value is -2.21. The fraction of sp³-hybridized carbons (Fsp3) is 0.625. The number of piperidine rings is 2. The first-order valence-corrected chi connectivity index (χ1v) is 11.3. The topological polar surface area (TPSA) is 78.5 Å². The summed E-state index contributed by atoms with van der Waals surface area (Å²) in [4.78, 5) is 35.8. The summed E-state index contributed by atoms with van der Waals surface area (Å²) in [6.45, 7) is 2.61. The van der Waals surface area contributed by atoms with Crippen molar-refractivity contribution in [2.45, 2.75) is 51.1 Å². The molecular formula is C24H33N3O3. The highest BCUT2D eigenvalue weighted by Crippen LogP contribution is 2.38. The fourth-order valence-corrected chi connectivity index (χ4v) is 5.63. The molecule has 2 saturated carbocycles. The summed E-state index contributed by atoms with van der Waals surface area (Å²) < 4.78 is 0. The molecule has 2 saturated heterocycles. The summed E-state index contributed by atoms with van der Waals surface area (Å²) in [5.74, 6) is 2.79. The zero-order valence-electron chi connectivity index (χ0n) is 17.8. The third-order valence-corrected chi connectivity index (χ3v) is 7.38. The predicted molar refractivity (Wildman–Crippen MR) is 114 cm³/mol. The fourth-order valence-electron chi connectivity index (χ4n) is 5.63. The van der Waals surface area contributed by atoms with Gasteiger partial charge in [-0.1, -0.05) is 30.3 Å². The number of hydrogen-bond donors (Lipinski definition) is 2. The molecule has 0 radical (unpaired) electrons. The third kappa shape index (κ3) is 5.09. The lowest BCUT2D eigenvalue weighted by Crippen LogP contribution is -2.38. The van der Waals surface area contributed by atoms with E-state index in [1.165, 1.54) is 18.4 Å². The van der Waals surface area contributed by atoms with E-state index in [9.17, 15) is 14.4 Å². The molecule has 162 valence electrons. The second-order valence-corrected chi connectivity index (χ2v) is 9.53. The highest BCUT2D eigenvalue weighted by atomic mass is 16.2. The van der Waals surface area contributed by atoms with Crippen molar-refractivity contribution in [1.29, 1.82) is 0 Å². The van der Waals surface area contributed by atoms with Crippen LogP contribution in [0.4, 0.5) is 0 Å². The Labute approximate surface area is 178 Å². The van der Waals surface area contributed by atoms with Crippen LogP contribution in [0.1, 0.15) is 44.1 Å². The maximum Gasteiger partial charge on any atom is 0.220 e. The van der Waals surface area contributed by atoms with Gasteiger partial charge in [-0.25, -0.2) is 0 Å². The number of nitrogens with one attached hydrogen (secondary N) is 2. The van der Waals surface area contributed by atoms with Crippen LogP contribution in [-0.4, -0.2) is 48.7 Å². The number of nitrogens with zero attached hydrogens (tertiary/aromatic N) is 1. The number of rotatable bonds is 3. The molecule has 2 aliphatic heterocycles. The normalized spacial score (nSPS) is 32.6. The van der Waals surface area contributed by atoms with Crippen LogP contribution >= 0.6 is 0 Å². The first-order chi connectivity index (χ1) is 14.5. The van der Waals surface area contributed by atoms with Gasteiger partial charge >= 0.3 is 0 Å². The Bertz CT molecular complexity index is 779. The van der Waals surface area contributed by atoms with E-state index < -0.39 is 0 Å². The van der Waals surface area contributed by atoms with Gasteiger partial charge < -0.3 is 10.6 Å². The molecule has 5 rings (SSSR count). The Morgan fingerprint density at radius 1 is 0.800 bits per heavy atom. The van der Waals surface area contributed by atoms with Crippen molar-refractivity contribution >= 4 is 17.6 Å². The predicted octanol–water partition coefficient (Wildman–Crippen LogP) is 2.13. The Balaban J connectivity index is 0.000000168. The Morgan fingerprint density at radius 2 is 1.40 bits per heavy atom. The van der Waals surface area contributed by atoms with E-state index >= 15 is 0 Å². The molecule has 1 unspecified atom stereocenters. The number of carbonyl (C=O) groups excluding carboxylic acids is 3. The second-order valence-electron chi connectivity index (χ2n) is 9.53. The average molecular weight is 412 g/mol. The number of Topliss-reactive ketones (excluding diaryl/α,β-unsaturated/α-hetero) is 1. The van der Waals surface area contributed by atoms with E-state index in [0.717, 1.165) is 26.1 Å². The summed E-state index contributed by atoms with van der Waals surface area (Å²) in [7, 11) is 2.21. The standard InChI is InChI=1S/C16H22N2O.C8H11NO2/c1-18(11-12-5-3-2-4-6-12)15-7-13-9-16(19)17-10-14(13)8-15;10-7-1-5-3-8(11)9-4-6(5)2-7/h2-6,13-15H,7-11H2,1H3,(H,17,19);5-6H,1-4H2,(H,9,11)/t13-,14+,15?;5-,6+/m00/s1. The third-order valence-electron chi connectivity index (χ3n) is 7.38. The molecule has 6 heteroatoms. The highest BCUT2D eigenvalue weighted by Gasteiger charge is 2.39. The number of ketones is 1.